The van der Waals surface area contributed by atoms with Gasteiger partial charge < -0.3 is 10.0 Å². The third-order valence-corrected chi connectivity index (χ3v) is 5.01. The van der Waals surface area contributed by atoms with E-state index in [4.69, 9.17) is 10.4 Å². The van der Waals surface area contributed by atoms with Gasteiger partial charge in [-0.25, -0.2) is 4.79 Å². The van der Waals surface area contributed by atoms with Gasteiger partial charge in [0.25, 0.3) is 0 Å². The molecule has 0 saturated heterocycles. The van der Waals surface area contributed by atoms with Crippen molar-refractivity contribution >= 4 is 34.1 Å². The monoisotopic (exact) mass is 362 g/mol. The molecule has 0 unspecified atom stereocenters. The Morgan fingerprint density at radius 2 is 2.15 bits per heavy atom. The van der Waals surface area contributed by atoms with Crippen molar-refractivity contribution in [2.24, 2.45) is 0 Å². The van der Waals surface area contributed by atoms with E-state index < -0.39 is 5.97 Å². The first-order valence-electron chi connectivity index (χ1n) is 8.31. The topological polar surface area (TPSA) is 64.3 Å². The number of allylic oxidation sites excluding steroid dienone is 4. The van der Waals surface area contributed by atoms with Gasteiger partial charge in [-0.15, -0.1) is 11.3 Å². The van der Waals surface area contributed by atoms with Crippen molar-refractivity contribution in [1.82, 2.24) is 0 Å². The molecule has 1 aliphatic rings. The van der Waals surface area contributed by atoms with Gasteiger partial charge in [-0.2, -0.15) is 5.26 Å². The zero-order valence-electron chi connectivity index (χ0n) is 14.1. The lowest BCUT2D eigenvalue weighted by Crippen LogP contribution is -2.23. The van der Waals surface area contributed by atoms with Crippen LogP contribution in [0.1, 0.15) is 17.5 Å². The number of hydrogen-bond donors (Lipinski definition) is 1. The second kappa shape index (κ2) is 8.32. The lowest BCUT2D eigenvalue weighted by molar-refractivity contribution is -0.132. The Hall–Kier alpha value is -3.10. The number of aliphatic carboxylic acids is 1. The summed E-state index contributed by atoms with van der Waals surface area (Å²) in [6, 6.07) is 12.3. The van der Waals surface area contributed by atoms with E-state index in [1.807, 2.05) is 12.2 Å². The van der Waals surface area contributed by atoms with Crippen LogP contribution in [0.25, 0.3) is 6.08 Å². The van der Waals surface area contributed by atoms with Crippen LogP contribution in [0.2, 0.25) is 0 Å². The second-order valence-corrected chi connectivity index (χ2v) is 6.76. The molecular weight excluding hydrogens is 344 g/mol. The Morgan fingerprint density at radius 1 is 1.27 bits per heavy atom. The molecule has 0 bridgehead atoms. The minimum atomic E-state index is -1.22. The second-order valence-electron chi connectivity index (χ2n) is 5.84. The first-order valence-corrected chi connectivity index (χ1v) is 9.19. The predicted molar refractivity (Wildman–Crippen MR) is 106 cm³/mol. The molecule has 2 aromatic rings. The predicted octanol–water partition coefficient (Wildman–Crippen LogP) is 4.94. The van der Waals surface area contributed by atoms with Crippen LogP contribution in [-0.4, -0.2) is 17.6 Å². The van der Waals surface area contributed by atoms with Gasteiger partial charge in [0.1, 0.15) is 11.6 Å². The molecule has 1 N–H and O–H groups in total. The van der Waals surface area contributed by atoms with Gasteiger partial charge in [-0.3, -0.25) is 0 Å². The molecule has 0 spiro atoms. The minimum Gasteiger partial charge on any atom is -0.477 e. The van der Waals surface area contributed by atoms with Gasteiger partial charge in [0.15, 0.2) is 0 Å². The number of carboxylic acid groups (broad SMARTS) is 1. The van der Waals surface area contributed by atoms with Crippen molar-refractivity contribution in [2.75, 3.05) is 11.4 Å². The molecule has 5 heteroatoms. The highest BCUT2D eigenvalue weighted by molar-refractivity contribution is 7.14. The molecule has 4 nitrogen and oxygen atoms in total. The fourth-order valence-electron chi connectivity index (χ4n) is 2.91. The number of rotatable bonds is 5. The molecule has 1 aromatic carbocycles. The average molecular weight is 362 g/mol. The fourth-order valence-corrected chi connectivity index (χ4v) is 3.68. The van der Waals surface area contributed by atoms with Crippen molar-refractivity contribution in [2.45, 2.75) is 12.8 Å². The molecule has 0 saturated carbocycles. The quantitative estimate of drug-likeness (QED) is 0.465. The van der Waals surface area contributed by atoms with Crippen LogP contribution in [0, 0.1) is 11.3 Å². The Bertz CT molecular complexity index is 918. The normalized spacial score (nSPS) is 14.6. The Labute approximate surface area is 156 Å². The highest BCUT2D eigenvalue weighted by atomic mass is 32.1. The first-order chi connectivity index (χ1) is 12.7. The minimum absolute atomic E-state index is 0.280. The van der Waals surface area contributed by atoms with Gasteiger partial charge in [-0.1, -0.05) is 30.4 Å². The molecule has 2 heterocycles. The average Bonchev–Trinajstić information content (AvgIpc) is 3.18. The summed E-state index contributed by atoms with van der Waals surface area (Å²) in [5.74, 6) is -1.22. The lowest BCUT2D eigenvalue weighted by Gasteiger charge is -2.30. The molecule has 0 atom stereocenters. The summed E-state index contributed by atoms with van der Waals surface area (Å²) < 4.78 is 0. The summed E-state index contributed by atoms with van der Waals surface area (Å²) in [5.41, 5.74) is 3.43. The molecule has 3 rings (SSSR count). The standard InChI is InChI=1S/C21H18N2O2S/c22-15-18(21(24)25)7-3-1-2-6-16-10-11-19-17(14-16)8-4-12-23(19)20-9-5-13-26-20/h1-3,5-7,9-11,13-14H,4,8,12H2,(H,24,25). The highest BCUT2D eigenvalue weighted by Gasteiger charge is 2.18. The largest absolute Gasteiger partial charge is 0.477 e. The van der Waals surface area contributed by atoms with Gasteiger partial charge in [0.05, 0.1) is 5.00 Å². The summed E-state index contributed by atoms with van der Waals surface area (Å²) in [7, 11) is 0. The summed E-state index contributed by atoms with van der Waals surface area (Å²) in [5, 5.41) is 20.8. The van der Waals surface area contributed by atoms with Crippen LogP contribution < -0.4 is 4.90 Å². The number of thiophene rings is 1. The maximum atomic E-state index is 10.7. The van der Waals surface area contributed by atoms with E-state index in [9.17, 15) is 4.79 Å². The zero-order chi connectivity index (χ0) is 18.4. The Morgan fingerprint density at radius 3 is 2.88 bits per heavy atom. The molecular formula is C21H18N2O2S. The van der Waals surface area contributed by atoms with Crippen LogP contribution in [0.5, 0.6) is 0 Å². The molecule has 1 aromatic heterocycles. The molecule has 130 valence electrons. The fraction of sp³-hybridized carbons (Fsp3) is 0.143. The van der Waals surface area contributed by atoms with Crippen molar-refractivity contribution < 1.29 is 9.90 Å². The summed E-state index contributed by atoms with van der Waals surface area (Å²) in [6.45, 7) is 1.04. The summed E-state index contributed by atoms with van der Waals surface area (Å²) in [6.07, 6.45) is 10.6. The maximum absolute atomic E-state index is 10.7. The number of anilines is 2. The number of aryl methyl sites for hydroxylation is 1. The van der Waals surface area contributed by atoms with Crippen molar-refractivity contribution in [3.05, 3.63) is 76.7 Å². The van der Waals surface area contributed by atoms with Crippen LogP contribution in [0.4, 0.5) is 10.7 Å². The van der Waals surface area contributed by atoms with E-state index in [2.05, 4.69) is 40.6 Å². The Kier molecular flexibility index (Phi) is 5.67. The maximum Gasteiger partial charge on any atom is 0.346 e. The number of hydrogen-bond acceptors (Lipinski definition) is 4. The zero-order valence-corrected chi connectivity index (χ0v) is 14.9. The van der Waals surface area contributed by atoms with Gasteiger partial charge >= 0.3 is 5.97 Å². The molecule has 0 amide bonds. The third-order valence-electron chi connectivity index (χ3n) is 4.12. The van der Waals surface area contributed by atoms with Crippen molar-refractivity contribution in [1.29, 1.82) is 5.26 Å². The van der Waals surface area contributed by atoms with E-state index in [0.29, 0.717) is 0 Å². The molecule has 0 radical (unpaired) electrons. The number of fused-ring (bicyclic) bond motifs is 1. The van der Waals surface area contributed by atoms with E-state index in [1.54, 1.807) is 29.6 Å². The number of nitriles is 1. The molecule has 0 fully saturated rings. The van der Waals surface area contributed by atoms with Crippen molar-refractivity contribution in [3.8, 4) is 6.07 Å². The van der Waals surface area contributed by atoms with Gasteiger partial charge in [-0.05, 0) is 59.7 Å². The lowest BCUT2D eigenvalue weighted by atomic mass is 9.99. The van der Waals surface area contributed by atoms with E-state index in [1.165, 1.54) is 22.3 Å². The van der Waals surface area contributed by atoms with Crippen LogP contribution in [-0.2, 0) is 11.2 Å². The van der Waals surface area contributed by atoms with Gasteiger partial charge in [0, 0.05) is 12.2 Å². The van der Waals surface area contributed by atoms with E-state index in [0.717, 1.165) is 24.9 Å². The van der Waals surface area contributed by atoms with Gasteiger partial charge in [0.2, 0.25) is 0 Å². The summed E-state index contributed by atoms with van der Waals surface area (Å²) in [4.78, 5) is 13.1. The number of carboxylic acids is 1. The number of carbonyl (C=O) groups is 1. The van der Waals surface area contributed by atoms with Crippen LogP contribution in [0.15, 0.2) is 65.6 Å². The van der Waals surface area contributed by atoms with E-state index in [-0.39, 0.29) is 5.57 Å². The van der Waals surface area contributed by atoms with E-state index >= 15 is 0 Å². The smallest absolute Gasteiger partial charge is 0.346 e. The SMILES string of the molecule is N#CC(=CC=CC=Cc1ccc2c(c1)CCCN2c1cccs1)C(=O)O. The Balaban J connectivity index is 1.73. The van der Waals surface area contributed by atoms with Crippen LogP contribution in [0.3, 0.4) is 0 Å². The van der Waals surface area contributed by atoms with Crippen molar-refractivity contribution in [3.63, 3.8) is 0 Å². The first kappa shape index (κ1) is 17.7. The molecule has 0 aliphatic carbocycles. The molecule has 1 aliphatic heterocycles. The highest BCUT2D eigenvalue weighted by Crippen LogP contribution is 2.36. The molecule has 26 heavy (non-hydrogen) atoms. The summed E-state index contributed by atoms with van der Waals surface area (Å²) >= 11 is 1.76. The number of benzene rings is 1. The number of nitrogens with zero attached hydrogens (tertiary/aromatic N) is 2. The van der Waals surface area contributed by atoms with Crippen LogP contribution >= 0.6 is 11.3 Å². The third kappa shape index (κ3) is 4.11.